The molecule has 2 N–H and O–H groups in total. The zero-order chi connectivity index (χ0) is 17.2. The molecule has 0 aliphatic carbocycles. The number of methoxy groups -OCH3 is 1. The highest BCUT2D eigenvalue weighted by Gasteiger charge is 2.25. The van der Waals surface area contributed by atoms with Gasteiger partial charge in [0.25, 0.3) is 0 Å². The molecule has 0 radical (unpaired) electrons. The lowest BCUT2D eigenvalue weighted by molar-refractivity contribution is 0.0696. The maximum absolute atomic E-state index is 12.6. The number of aromatic carboxylic acids is 1. The van der Waals surface area contributed by atoms with Crippen LogP contribution >= 0.6 is 0 Å². The lowest BCUT2D eigenvalue weighted by Gasteiger charge is -2.15. The van der Waals surface area contributed by atoms with Crippen LogP contribution in [0.2, 0.25) is 0 Å². The largest absolute Gasteiger partial charge is 0.495 e. The molecule has 0 amide bonds. The van der Waals surface area contributed by atoms with Crippen molar-refractivity contribution in [3.8, 4) is 5.75 Å². The molecular formula is C15H17NO6S. The summed E-state index contributed by atoms with van der Waals surface area (Å²) in [5.74, 6) is -0.0416. The van der Waals surface area contributed by atoms with Gasteiger partial charge < -0.3 is 14.3 Å². The minimum atomic E-state index is -4.00. The summed E-state index contributed by atoms with van der Waals surface area (Å²) in [6.45, 7) is 3.38. The molecule has 2 rings (SSSR count). The highest BCUT2D eigenvalue weighted by molar-refractivity contribution is 7.89. The third-order valence-electron chi connectivity index (χ3n) is 3.22. The van der Waals surface area contributed by atoms with Crippen LogP contribution in [0.1, 0.15) is 34.8 Å². The molecule has 23 heavy (non-hydrogen) atoms. The molecule has 1 atom stereocenters. The average Bonchev–Trinajstić information content (AvgIpc) is 2.92. The van der Waals surface area contributed by atoms with Gasteiger partial charge in [0, 0.05) is 0 Å². The van der Waals surface area contributed by atoms with Gasteiger partial charge in [-0.25, -0.2) is 17.9 Å². The van der Waals surface area contributed by atoms with Crippen LogP contribution in [0.15, 0.2) is 39.6 Å². The van der Waals surface area contributed by atoms with Crippen LogP contribution in [0.25, 0.3) is 0 Å². The smallest absolute Gasteiger partial charge is 0.335 e. The SMILES string of the molecule is COc1ccc(C(=O)O)cc1S(=O)(=O)N[C@H](C)c1ccc(C)o1. The van der Waals surface area contributed by atoms with Gasteiger partial charge in [0.15, 0.2) is 0 Å². The van der Waals surface area contributed by atoms with Gasteiger partial charge in [-0.3, -0.25) is 0 Å². The number of hydrogen-bond acceptors (Lipinski definition) is 5. The Hall–Kier alpha value is -2.32. The zero-order valence-electron chi connectivity index (χ0n) is 12.9. The molecule has 1 aromatic heterocycles. The van der Waals surface area contributed by atoms with Crippen molar-refractivity contribution >= 4 is 16.0 Å². The fraction of sp³-hybridized carbons (Fsp3) is 0.267. The molecular weight excluding hydrogens is 322 g/mol. The first-order chi connectivity index (χ1) is 10.7. The first-order valence-electron chi connectivity index (χ1n) is 6.74. The Morgan fingerprint density at radius 2 is 2.00 bits per heavy atom. The Kier molecular flexibility index (Phi) is 4.76. The second-order valence-corrected chi connectivity index (χ2v) is 6.64. The van der Waals surface area contributed by atoms with E-state index in [1.807, 2.05) is 0 Å². The summed E-state index contributed by atoms with van der Waals surface area (Å²) in [7, 11) is -2.68. The molecule has 7 nitrogen and oxygen atoms in total. The summed E-state index contributed by atoms with van der Waals surface area (Å²) in [5.41, 5.74) is -0.146. The molecule has 124 valence electrons. The Balaban J connectivity index is 2.38. The van der Waals surface area contributed by atoms with Crippen molar-refractivity contribution in [3.63, 3.8) is 0 Å². The standard InChI is InChI=1S/C15H17NO6S/c1-9-4-6-12(22-9)10(2)16-23(19,20)14-8-11(15(17)18)5-7-13(14)21-3/h4-8,10,16H,1-3H3,(H,17,18)/t10-/m1/s1. The number of aryl methyl sites for hydroxylation is 1. The number of nitrogens with one attached hydrogen (secondary N) is 1. The second-order valence-electron chi connectivity index (χ2n) is 4.96. The molecule has 0 fully saturated rings. The van der Waals surface area contributed by atoms with Crippen molar-refractivity contribution in [3.05, 3.63) is 47.4 Å². The Morgan fingerprint density at radius 1 is 1.30 bits per heavy atom. The van der Waals surface area contributed by atoms with Crippen LogP contribution in [0.5, 0.6) is 5.75 Å². The van der Waals surface area contributed by atoms with Crippen molar-refractivity contribution in [2.24, 2.45) is 0 Å². The third-order valence-corrected chi connectivity index (χ3v) is 4.78. The summed E-state index contributed by atoms with van der Waals surface area (Å²) < 4.78 is 38.0. The van der Waals surface area contributed by atoms with E-state index in [9.17, 15) is 13.2 Å². The van der Waals surface area contributed by atoms with Crippen LogP contribution < -0.4 is 9.46 Å². The van der Waals surface area contributed by atoms with E-state index in [1.165, 1.54) is 19.2 Å². The van der Waals surface area contributed by atoms with Crippen LogP contribution in [0.3, 0.4) is 0 Å². The van der Waals surface area contributed by atoms with Gasteiger partial charge in [0.2, 0.25) is 10.0 Å². The average molecular weight is 339 g/mol. The molecule has 0 bridgehead atoms. The van der Waals surface area contributed by atoms with E-state index in [-0.39, 0.29) is 16.2 Å². The quantitative estimate of drug-likeness (QED) is 0.837. The summed E-state index contributed by atoms with van der Waals surface area (Å²) in [6.07, 6.45) is 0. The van der Waals surface area contributed by atoms with Crippen LogP contribution in [0, 0.1) is 6.92 Å². The number of hydrogen-bond donors (Lipinski definition) is 2. The lowest BCUT2D eigenvalue weighted by atomic mass is 10.2. The first kappa shape index (κ1) is 17.0. The van der Waals surface area contributed by atoms with Crippen molar-refractivity contribution in [1.82, 2.24) is 4.72 Å². The number of rotatable bonds is 6. The molecule has 2 aromatic rings. The summed E-state index contributed by atoms with van der Waals surface area (Å²) in [5, 5.41) is 9.03. The number of carboxylic acids is 1. The number of ether oxygens (including phenoxy) is 1. The monoisotopic (exact) mass is 339 g/mol. The van der Waals surface area contributed by atoms with Crippen molar-refractivity contribution in [2.75, 3.05) is 7.11 Å². The minimum absolute atomic E-state index is 0.0605. The van der Waals surface area contributed by atoms with Crippen molar-refractivity contribution < 1.29 is 27.5 Å². The fourth-order valence-corrected chi connectivity index (χ4v) is 3.47. The molecule has 0 aliphatic heterocycles. The van der Waals surface area contributed by atoms with E-state index in [0.29, 0.717) is 11.5 Å². The molecule has 0 unspecified atom stereocenters. The topological polar surface area (TPSA) is 106 Å². The molecule has 0 saturated heterocycles. The third kappa shape index (κ3) is 3.72. The van der Waals surface area contributed by atoms with Crippen molar-refractivity contribution in [2.45, 2.75) is 24.8 Å². The number of benzene rings is 1. The Bertz CT molecular complexity index is 824. The summed E-state index contributed by atoms with van der Waals surface area (Å²) in [6, 6.07) is 6.43. The number of sulfonamides is 1. The Morgan fingerprint density at radius 3 is 2.52 bits per heavy atom. The van der Waals surface area contributed by atoms with Gasteiger partial charge in [-0.1, -0.05) is 0 Å². The van der Waals surface area contributed by atoms with Gasteiger partial charge in [0.05, 0.1) is 18.7 Å². The number of furan rings is 1. The Labute approximate surface area is 133 Å². The van der Waals surface area contributed by atoms with E-state index in [0.717, 1.165) is 6.07 Å². The normalized spacial score (nSPS) is 12.8. The summed E-state index contributed by atoms with van der Waals surface area (Å²) in [4.78, 5) is 10.8. The first-order valence-corrected chi connectivity index (χ1v) is 8.23. The highest BCUT2D eigenvalue weighted by Crippen LogP contribution is 2.27. The van der Waals surface area contributed by atoms with Crippen molar-refractivity contribution in [1.29, 1.82) is 0 Å². The maximum Gasteiger partial charge on any atom is 0.335 e. The number of carbonyl (C=O) groups is 1. The van der Waals surface area contributed by atoms with Crippen LogP contribution in [0.4, 0.5) is 0 Å². The van der Waals surface area contributed by atoms with E-state index in [2.05, 4.69) is 4.72 Å². The van der Waals surface area contributed by atoms with Gasteiger partial charge >= 0.3 is 5.97 Å². The summed E-state index contributed by atoms with van der Waals surface area (Å²) >= 11 is 0. The lowest BCUT2D eigenvalue weighted by Crippen LogP contribution is -2.27. The fourth-order valence-electron chi connectivity index (χ4n) is 2.06. The van der Waals surface area contributed by atoms with Gasteiger partial charge in [-0.2, -0.15) is 0 Å². The van der Waals surface area contributed by atoms with Gasteiger partial charge in [-0.15, -0.1) is 0 Å². The maximum atomic E-state index is 12.6. The molecule has 8 heteroatoms. The predicted octanol–water partition coefficient (Wildman–Crippen LogP) is 2.33. The molecule has 1 heterocycles. The van der Waals surface area contributed by atoms with E-state index in [1.54, 1.807) is 26.0 Å². The number of carboxylic acid groups (broad SMARTS) is 1. The molecule has 0 spiro atoms. The second kappa shape index (κ2) is 6.43. The van der Waals surface area contributed by atoms with E-state index >= 15 is 0 Å². The molecule has 0 aliphatic rings. The van der Waals surface area contributed by atoms with Gasteiger partial charge in [-0.05, 0) is 44.2 Å². The minimum Gasteiger partial charge on any atom is -0.495 e. The zero-order valence-corrected chi connectivity index (χ0v) is 13.7. The van der Waals surface area contributed by atoms with E-state index < -0.39 is 22.0 Å². The molecule has 1 aromatic carbocycles. The van der Waals surface area contributed by atoms with Gasteiger partial charge in [0.1, 0.15) is 22.2 Å². The molecule has 0 saturated carbocycles. The highest BCUT2D eigenvalue weighted by atomic mass is 32.2. The van der Waals surface area contributed by atoms with Crippen LogP contribution in [-0.2, 0) is 10.0 Å². The van der Waals surface area contributed by atoms with E-state index in [4.69, 9.17) is 14.3 Å². The predicted molar refractivity (Wildman–Crippen MR) is 82.1 cm³/mol. The van der Waals surface area contributed by atoms with Crippen LogP contribution in [-0.4, -0.2) is 26.6 Å².